The molecule has 0 fully saturated rings. The van der Waals surface area contributed by atoms with E-state index in [9.17, 15) is 19.8 Å². The summed E-state index contributed by atoms with van der Waals surface area (Å²) in [5, 5.41) is 36.4. The van der Waals surface area contributed by atoms with E-state index in [4.69, 9.17) is 10.2 Å². The molecule has 0 aliphatic rings. The fourth-order valence-corrected chi connectivity index (χ4v) is 1.84. The molecule has 0 bridgehead atoms. The van der Waals surface area contributed by atoms with Crippen LogP contribution in [0.4, 0.5) is 0 Å². The Labute approximate surface area is 116 Å². The van der Waals surface area contributed by atoms with Crippen LogP contribution in [0, 0.1) is 0 Å². The highest BCUT2D eigenvalue weighted by Gasteiger charge is 2.20. The quantitative estimate of drug-likeness (QED) is 0.564. The zero-order valence-electron chi connectivity index (χ0n) is 10.9. The van der Waals surface area contributed by atoms with Crippen molar-refractivity contribution in [1.82, 2.24) is 0 Å². The number of aliphatic hydroxyl groups is 2. The molecule has 0 aliphatic heterocycles. The first kappa shape index (κ1) is 16.1. The second kappa shape index (κ2) is 7.62. The van der Waals surface area contributed by atoms with Gasteiger partial charge in [0.25, 0.3) is 0 Å². The number of carboxylic acids is 2. The minimum absolute atomic E-state index is 0.0989. The topological polar surface area (TPSA) is 115 Å². The molecule has 0 heterocycles. The van der Waals surface area contributed by atoms with Gasteiger partial charge in [0.15, 0.2) is 0 Å². The molecule has 2 unspecified atom stereocenters. The Hall–Kier alpha value is -1.92. The molecule has 1 aromatic carbocycles. The summed E-state index contributed by atoms with van der Waals surface area (Å²) in [5.74, 6) is -2.02. The van der Waals surface area contributed by atoms with Crippen molar-refractivity contribution < 1.29 is 30.0 Å². The SMILES string of the molecule is O=C(O)CCCc1ccc(C(O)C(O)CC(=O)O)cc1. The highest BCUT2D eigenvalue weighted by Crippen LogP contribution is 2.20. The third-order valence-electron chi connectivity index (χ3n) is 2.93. The van der Waals surface area contributed by atoms with Gasteiger partial charge in [-0.2, -0.15) is 0 Å². The molecule has 6 heteroatoms. The molecule has 1 aromatic rings. The van der Waals surface area contributed by atoms with Crippen LogP contribution in [0.2, 0.25) is 0 Å². The van der Waals surface area contributed by atoms with E-state index in [0.29, 0.717) is 18.4 Å². The number of aryl methyl sites for hydroxylation is 1. The van der Waals surface area contributed by atoms with Gasteiger partial charge in [0, 0.05) is 6.42 Å². The number of aliphatic carboxylic acids is 2. The molecule has 0 aromatic heterocycles. The van der Waals surface area contributed by atoms with Gasteiger partial charge in [0.05, 0.1) is 12.5 Å². The van der Waals surface area contributed by atoms with Crippen LogP contribution >= 0.6 is 0 Å². The number of hydrogen-bond acceptors (Lipinski definition) is 4. The van der Waals surface area contributed by atoms with Gasteiger partial charge in [-0.1, -0.05) is 24.3 Å². The summed E-state index contributed by atoms with van der Waals surface area (Å²) in [6.07, 6.45) is -1.90. The maximum atomic E-state index is 10.5. The molecule has 20 heavy (non-hydrogen) atoms. The fourth-order valence-electron chi connectivity index (χ4n) is 1.84. The lowest BCUT2D eigenvalue weighted by molar-refractivity contribution is -0.141. The average molecular weight is 282 g/mol. The molecule has 0 spiro atoms. The van der Waals surface area contributed by atoms with Gasteiger partial charge < -0.3 is 20.4 Å². The maximum absolute atomic E-state index is 10.5. The van der Waals surface area contributed by atoms with Gasteiger partial charge >= 0.3 is 11.9 Å². The minimum Gasteiger partial charge on any atom is -0.481 e. The second-order valence-electron chi connectivity index (χ2n) is 4.60. The molecular formula is C14H18O6. The molecule has 0 saturated carbocycles. The minimum atomic E-state index is -1.36. The van der Waals surface area contributed by atoms with Crippen molar-refractivity contribution in [3.8, 4) is 0 Å². The third kappa shape index (κ3) is 5.38. The predicted octanol–water partition coefficient (Wildman–Crippen LogP) is 0.963. The van der Waals surface area contributed by atoms with Crippen LogP contribution in [-0.2, 0) is 16.0 Å². The van der Waals surface area contributed by atoms with Gasteiger partial charge in [-0.15, -0.1) is 0 Å². The zero-order valence-corrected chi connectivity index (χ0v) is 10.9. The monoisotopic (exact) mass is 282 g/mol. The molecule has 0 amide bonds. The number of carbonyl (C=O) groups is 2. The van der Waals surface area contributed by atoms with Crippen molar-refractivity contribution in [2.75, 3.05) is 0 Å². The number of rotatable bonds is 8. The Morgan fingerprint density at radius 3 is 2.10 bits per heavy atom. The first-order chi connectivity index (χ1) is 9.40. The Morgan fingerprint density at radius 2 is 1.60 bits per heavy atom. The van der Waals surface area contributed by atoms with E-state index >= 15 is 0 Å². The van der Waals surface area contributed by atoms with Gasteiger partial charge in [-0.25, -0.2) is 0 Å². The Balaban J connectivity index is 2.56. The normalized spacial score (nSPS) is 13.7. The molecular weight excluding hydrogens is 264 g/mol. The summed E-state index contributed by atoms with van der Waals surface area (Å²) in [4.78, 5) is 20.8. The summed E-state index contributed by atoms with van der Waals surface area (Å²) < 4.78 is 0. The standard InChI is InChI=1S/C14H18O6/c15-11(8-13(18)19)14(20)10-6-4-9(5-7-10)2-1-3-12(16)17/h4-7,11,14-15,20H,1-3,8H2,(H,16,17)(H,18,19). The molecule has 1 rings (SSSR count). The van der Waals surface area contributed by atoms with Crippen LogP contribution in [0.1, 0.15) is 36.5 Å². The molecule has 110 valence electrons. The number of hydrogen-bond donors (Lipinski definition) is 4. The Bertz CT molecular complexity index is 453. The van der Waals surface area contributed by atoms with Crippen LogP contribution in [0.5, 0.6) is 0 Å². The number of benzene rings is 1. The lowest BCUT2D eigenvalue weighted by atomic mass is 9.99. The van der Waals surface area contributed by atoms with Gasteiger partial charge in [-0.05, 0) is 24.0 Å². The summed E-state index contributed by atoms with van der Waals surface area (Å²) in [7, 11) is 0. The maximum Gasteiger partial charge on any atom is 0.306 e. The van der Waals surface area contributed by atoms with E-state index in [2.05, 4.69) is 0 Å². The van der Waals surface area contributed by atoms with E-state index in [1.165, 1.54) is 0 Å². The van der Waals surface area contributed by atoms with Crippen LogP contribution in [0.3, 0.4) is 0 Å². The predicted molar refractivity (Wildman–Crippen MR) is 70.2 cm³/mol. The van der Waals surface area contributed by atoms with Crippen molar-refractivity contribution >= 4 is 11.9 Å². The van der Waals surface area contributed by atoms with Crippen LogP contribution < -0.4 is 0 Å². The molecule has 4 N–H and O–H groups in total. The summed E-state index contributed by atoms with van der Waals surface area (Å²) in [6, 6.07) is 6.67. The summed E-state index contributed by atoms with van der Waals surface area (Å²) in [5.41, 5.74) is 1.36. The largest absolute Gasteiger partial charge is 0.481 e. The Morgan fingerprint density at radius 1 is 1.00 bits per heavy atom. The summed E-state index contributed by atoms with van der Waals surface area (Å²) in [6.45, 7) is 0. The molecule has 0 radical (unpaired) electrons. The van der Waals surface area contributed by atoms with Crippen molar-refractivity contribution in [2.45, 2.75) is 37.9 Å². The van der Waals surface area contributed by atoms with Gasteiger partial charge in [0.1, 0.15) is 6.10 Å². The molecule has 0 saturated heterocycles. The van der Waals surface area contributed by atoms with Crippen molar-refractivity contribution in [2.24, 2.45) is 0 Å². The van der Waals surface area contributed by atoms with E-state index in [1.54, 1.807) is 24.3 Å². The highest BCUT2D eigenvalue weighted by atomic mass is 16.4. The molecule has 2 atom stereocenters. The number of aliphatic hydroxyl groups excluding tert-OH is 2. The van der Waals surface area contributed by atoms with E-state index in [1.807, 2.05) is 0 Å². The molecule has 0 aliphatic carbocycles. The summed E-state index contributed by atoms with van der Waals surface area (Å²) >= 11 is 0. The van der Waals surface area contributed by atoms with Crippen molar-refractivity contribution in [3.63, 3.8) is 0 Å². The van der Waals surface area contributed by atoms with Crippen LogP contribution in [0.15, 0.2) is 24.3 Å². The smallest absolute Gasteiger partial charge is 0.306 e. The van der Waals surface area contributed by atoms with E-state index in [0.717, 1.165) is 5.56 Å². The fraction of sp³-hybridized carbons (Fsp3) is 0.429. The first-order valence-electron chi connectivity index (χ1n) is 6.28. The third-order valence-corrected chi connectivity index (χ3v) is 2.93. The first-order valence-corrected chi connectivity index (χ1v) is 6.28. The van der Waals surface area contributed by atoms with Gasteiger partial charge in [0.2, 0.25) is 0 Å². The highest BCUT2D eigenvalue weighted by molar-refractivity contribution is 5.67. The van der Waals surface area contributed by atoms with E-state index in [-0.39, 0.29) is 6.42 Å². The molecule has 6 nitrogen and oxygen atoms in total. The lowest BCUT2D eigenvalue weighted by Crippen LogP contribution is -2.21. The van der Waals surface area contributed by atoms with Crippen molar-refractivity contribution in [1.29, 1.82) is 0 Å². The zero-order chi connectivity index (χ0) is 15.1. The van der Waals surface area contributed by atoms with Crippen LogP contribution in [0.25, 0.3) is 0 Å². The average Bonchev–Trinajstić information content (AvgIpc) is 2.37. The van der Waals surface area contributed by atoms with E-state index < -0.39 is 30.6 Å². The van der Waals surface area contributed by atoms with Crippen molar-refractivity contribution in [3.05, 3.63) is 35.4 Å². The second-order valence-corrected chi connectivity index (χ2v) is 4.60. The lowest BCUT2D eigenvalue weighted by Gasteiger charge is -2.16. The Kier molecular flexibility index (Phi) is 6.14. The van der Waals surface area contributed by atoms with Crippen LogP contribution in [-0.4, -0.2) is 38.5 Å². The van der Waals surface area contributed by atoms with Gasteiger partial charge in [-0.3, -0.25) is 9.59 Å². The number of carboxylic acid groups (broad SMARTS) is 2.